The Hall–Kier alpha value is -3.04. The Balaban J connectivity index is 1.51. The SMILES string of the molecule is CCOc1ccc(-c2nnc(SC3CCCCN(C(=O)c4ccc(Cl)cc4)C3=O)n2N)cc1. The molecule has 1 aromatic heterocycles. The Morgan fingerprint density at radius 1 is 1.15 bits per heavy atom. The highest BCUT2D eigenvalue weighted by Gasteiger charge is 2.33. The van der Waals surface area contributed by atoms with Crippen molar-refractivity contribution in [2.24, 2.45) is 0 Å². The van der Waals surface area contributed by atoms with Crippen molar-refractivity contribution < 1.29 is 14.3 Å². The summed E-state index contributed by atoms with van der Waals surface area (Å²) in [5.74, 6) is 6.94. The Morgan fingerprint density at radius 2 is 1.88 bits per heavy atom. The summed E-state index contributed by atoms with van der Waals surface area (Å²) in [5.41, 5.74) is 1.21. The minimum Gasteiger partial charge on any atom is -0.494 e. The van der Waals surface area contributed by atoms with Gasteiger partial charge in [-0.25, -0.2) is 4.68 Å². The van der Waals surface area contributed by atoms with Gasteiger partial charge in [-0.05, 0) is 68.3 Å². The van der Waals surface area contributed by atoms with Gasteiger partial charge in [0.05, 0.1) is 11.9 Å². The second-order valence-corrected chi connectivity index (χ2v) is 9.14. The van der Waals surface area contributed by atoms with Gasteiger partial charge in [-0.1, -0.05) is 29.8 Å². The molecule has 0 bridgehead atoms. The quantitative estimate of drug-likeness (QED) is 0.415. The maximum Gasteiger partial charge on any atom is 0.260 e. The summed E-state index contributed by atoms with van der Waals surface area (Å²) in [6, 6.07) is 13.9. The summed E-state index contributed by atoms with van der Waals surface area (Å²) in [6.45, 7) is 2.89. The highest BCUT2D eigenvalue weighted by molar-refractivity contribution is 8.00. The van der Waals surface area contributed by atoms with Gasteiger partial charge < -0.3 is 10.6 Å². The van der Waals surface area contributed by atoms with Crippen molar-refractivity contribution in [3.63, 3.8) is 0 Å². The van der Waals surface area contributed by atoms with E-state index in [2.05, 4.69) is 10.2 Å². The second kappa shape index (κ2) is 10.3. The Bertz CT molecular complexity index is 1130. The van der Waals surface area contributed by atoms with Crippen LogP contribution < -0.4 is 10.6 Å². The molecule has 4 rings (SSSR count). The normalized spacial score (nSPS) is 16.5. The van der Waals surface area contributed by atoms with Gasteiger partial charge >= 0.3 is 0 Å². The predicted molar refractivity (Wildman–Crippen MR) is 128 cm³/mol. The number of rotatable bonds is 6. The summed E-state index contributed by atoms with van der Waals surface area (Å²) < 4.78 is 6.85. The molecular weight excluding hydrogens is 462 g/mol. The first-order valence-electron chi connectivity index (χ1n) is 10.7. The van der Waals surface area contributed by atoms with E-state index in [0.29, 0.717) is 41.1 Å². The number of thioether (sulfide) groups is 1. The van der Waals surface area contributed by atoms with E-state index in [9.17, 15) is 9.59 Å². The van der Waals surface area contributed by atoms with Crippen molar-refractivity contribution in [1.82, 2.24) is 19.8 Å². The molecule has 0 radical (unpaired) electrons. The van der Waals surface area contributed by atoms with E-state index >= 15 is 0 Å². The van der Waals surface area contributed by atoms with E-state index in [0.717, 1.165) is 24.2 Å². The Morgan fingerprint density at radius 3 is 2.58 bits per heavy atom. The lowest BCUT2D eigenvalue weighted by molar-refractivity contribution is -0.127. The summed E-state index contributed by atoms with van der Waals surface area (Å²) in [6.07, 6.45) is 2.19. The zero-order chi connectivity index (χ0) is 23.4. The minimum atomic E-state index is -0.483. The van der Waals surface area contributed by atoms with E-state index in [1.807, 2.05) is 31.2 Å². The molecule has 1 unspecified atom stereocenters. The number of nitrogens with zero attached hydrogens (tertiary/aromatic N) is 4. The number of likely N-dealkylation sites (tertiary alicyclic amines) is 1. The second-order valence-electron chi connectivity index (χ2n) is 7.54. The molecule has 1 aliphatic heterocycles. The van der Waals surface area contributed by atoms with E-state index in [4.69, 9.17) is 22.2 Å². The summed E-state index contributed by atoms with van der Waals surface area (Å²) in [7, 11) is 0. The fraction of sp³-hybridized carbons (Fsp3) is 0.304. The minimum absolute atomic E-state index is 0.247. The molecule has 2 N–H and O–H groups in total. The molecule has 0 aliphatic carbocycles. The molecule has 2 aromatic carbocycles. The van der Waals surface area contributed by atoms with E-state index in [1.165, 1.54) is 21.3 Å². The number of carbonyl (C=O) groups is 2. The number of benzene rings is 2. The molecule has 1 aliphatic rings. The monoisotopic (exact) mass is 485 g/mol. The molecule has 2 heterocycles. The van der Waals surface area contributed by atoms with Crippen LogP contribution in [-0.4, -0.2) is 50.0 Å². The smallest absolute Gasteiger partial charge is 0.260 e. The number of hydrogen-bond donors (Lipinski definition) is 1. The fourth-order valence-electron chi connectivity index (χ4n) is 3.61. The van der Waals surface area contributed by atoms with Crippen molar-refractivity contribution in [2.75, 3.05) is 19.0 Å². The first-order chi connectivity index (χ1) is 16.0. The Labute approximate surface area is 201 Å². The molecule has 172 valence electrons. The first-order valence-corrected chi connectivity index (χ1v) is 12.0. The van der Waals surface area contributed by atoms with Crippen LogP contribution in [0.3, 0.4) is 0 Å². The number of amides is 2. The summed E-state index contributed by atoms with van der Waals surface area (Å²) >= 11 is 7.16. The molecule has 0 saturated carbocycles. The number of nitrogen functional groups attached to an aromatic ring is 1. The third kappa shape index (κ3) is 5.15. The van der Waals surface area contributed by atoms with Gasteiger partial charge in [0.25, 0.3) is 5.91 Å². The summed E-state index contributed by atoms with van der Waals surface area (Å²) in [4.78, 5) is 27.6. The number of hydrogen-bond acceptors (Lipinski definition) is 7. The molecule has 8 nitrogen and oxygen atoms in total. The average molecular weight is 486 g/mol. The van der Waals surface area contributed by atoms with Crippen LogP contribution in [0.25, 0.3) is 11.4 Å². The van der Waals surface area contributed by atoms with Crippen molar-refractivity contribution in [3.8, 4) is 17.1 Å². The molecule has 3 aromatic rings. The number of halogens is 1. The number of aromatic nitrogens is 3. The lowest BCUT2D eigenvalue weighted by Crippen LogP contribution is -2.41. The predicted octanol–water partition coefficient (Wildman–Crippen LogP) is 4.02. The van der Waals surface area contributed by atoms with Crippen molar-refractivity contribution in [1.29, 1.82) is 0 Å². The number of carbonyl (C=O) groups excluding carboxylic acids is 2. The standard InChI is InChI=1S/C23H24ClN5O3S/c1-2-32-18-12-8-15(9-13-18)20-26-27-23(29(20)25)33-19-5-3-4-14-28(22(19)31)21(30)16-6-10-17(24)11-7-16/h6-13,19H,2-5,14,25H2,1H3. The molecule has 2 amide bonds. The third-order valence-electron chi connectivity index (χ3n) is 5.31. The molecule has 0 spiro atoms. The Kier molecular flexibility index (Phi) is 7.20. The molecule has 10 heteroatoms. The van der Waals surface area contributed by atoms with Crippen LogP contribution >= 0.6 is 23.4 Å². The van der Waals surface area contributed by atoms with Gasteiger partial charge in [-0.3, -0.25) is 14.5 Å². The van der Waals surface area contributed by atoms with Crippen LogP contribution in [0.15, 0.2) is 53.7 Å². The fourth-order valence-corrected chi connectivity index (χ4v) is 4.80. The van der Waals surface area contributed by atoms with E-state index in [-0.39, 0.29) is 11.8 Å². The maximum atomic E-state index is 13.3. The topological polar surface area (TPSA) is 103 Å². The first kappa shape index (κ1) is 23.1. The van der Waals surface area contributed by atoms with Gasteiger partial charge in [-0.2, -0.15) is 0 Å². The van der Waals surface area contributed by atoms with Gasteiger partial charge in [0.2, 0.25) is 11.1 Å². The van der Waals surface area contributed by atoms with Crippen molar-refractivity contribution in [3.05, 3.63) is 59.1 Å². The van der Waals surface area contributed by atoms with Gasteiger partial charge in [0.1, 0.15) is 5.75 Å². The highest BCUT2D eigenvalue weighted by atomic mass is 35.5. The maximum absolute atomic E-state index is 13.3. The van der Waals surface area contributed by atoms with Crippen LogP contribution in [0.4, 0.5) is 0 Å². The average Bonchev–Trinajstić information content (AvgIpc) is 3.08. The summed E-state index contributed by atoms with van der Waals surface area (Å²) in [5, 5.41) is 8.87. The number of imide groups is 1. The molecular formula is C23H24ClN5O3S. The van der Waals surface area contributed by atoms with E-state index in [1.54, 1.807) is 24.3 Å². The lowest BCUT2D eigenvalue weighted by Gasteiger charge is -2.22. The number of ether oxygens (including phenoxy) is 1. The van der Waals surface area contributed by atoms with E-state index < -0.39 is 5.25 Å². The molecule has 1 fully saturated rings. The van der Waals surface area contributed by atoms with Crippen LogP contribution in [0.1, 0.15) is 36.5 Å². The zero-order valence-electron chi connectivity index (χ0n) is 18.1. The number of nitrogens with two attached hydrogens (primary N) is 1. The van der Waals surface area contributed by atoms with Crippen molar-refractivity contribution >= 4 is 35.2 Å². The molecule has 1 saturated heterocycles. The van der Waals surface area contributed by atoms with Crippen LogP contribution in [-0.2, 0) is 4.79 Å². The highest BCUT2D eigenvalue weighted by Crippen LogP contribution is 2.31. The molecule has 1 atom stereocenters. The van der Waals surface area contributed by atoms with Gasteiger partial charge in [0, 0.05) is 22.7 Å². The van der Waals surface area contributed by atoms with Gasteiger partial charge in [-0.15, -0.1) is 10.2 Å². The van der Waals surface area contributed by atoms with Crippen LogP contribution in [0, 0.1) is 0 Å². The van der Waals surface area contributed by atoms with Crippen LogP contribution in [0.5, 0.6) is 5.75 Å². The largest absolute Gasteiger partial charge is 0.494 e. The zero-order valence-corrected chi connectivity index (χ0v) is 19.7. The third-order valence-corrected chi connectivity index (χ3v) is 6.77. The van der Waals surface area contributed by atoms with Crippen LogP contribution in [0.2, 0.25) is 5.02 Å². The lowest BCUT2D eigenvalue weighted by atomic mass is 10.2. The van der Waals surface area contributed by atoms with Crippen molar-refractivity contribution in [2.45, 2.75) is 36.6 Å². The van der Waals surface area contributed by atoms with Gasteiger partial charge in [0.15, 0.2) is 5.82 Å². The molecule has 33 heavy (non-hydrogen) atoms.